The van der Waals surface area contributed by atoms with Crippen molar-refractivity contribution in [1.82, 2.24) is 0 Å². The molecule has 1 fully saturated rings. The Labute approximate surface area is 134 Å². The van der Waals surface area contributed by atoms with Crippen molar-refractivity contribution in [3.63, 3.8) is 0 Å². The van der Waals surface area contributed by atoms with E-state index in [0.29, 0.717) is 0 Å². The summed E-state index contributed by atoms with van der Waals surface area (Å²) in [6, 6.07) is 0. The second-order valence-corrected chi connectivity index (χ2v) is 7.47. The molecule has 0 bridgehead atoms. The number of hydrogen-bond acceptors (Lipinski definition) is 5. The molecule has 1 saturated carbocycles. The van der Waals surface area contributed by atoms with Crippen LogP contribution in [0.25, 0.3) is 0 Å². The lowest BCUT2D eigenvalue weighted by Gasteiger charge is -2.33. The van der Waals surface area contributed by atoms with E-state index in [1.165, 1.54) is 0 Å². The molecule has 0 atom stereocenters. The maximum atomic E-state index is 12.9. The van der Waals surface area contributed by atoms with Gasteiger partial charge in [0.1, 0.15) is 5.60 Å². The van der Waals surface area contributed by atoms with Gasteiger partial charge in [0.2, 0.25) is 0 Å². The van der Waals surface area contributed by atoms with Crippen LogP contribution in [-0.2, 0) is 24.4 Å². The second kappa shape index (κ2) is 7.67. The number of alkyl halides is 2. The number of carbonyl (C=O) groups is 1. The van der Waals surface area contributed by atoms with E-state index in [9.17, 15) is 22.0 Å². The van der Waals surface area contributed by atoms with Gasteiger partial charge in [-0.2, -0.15) is 17.2 Å². The Morgan fingerprint density at radius 1 is 1.30 bits per heavy atom. The summed E-state index contributed by atoms with van der Waals surface area (Å²) in [6.45, 7) is 4.31. The van der Waals surface area contributed by atoms with Gasteiger partial charge in [-0.1, -0.05) is 13.0 Å². The SMILES string of the molecule is C=C(COCCC(F)(F)S(=O)(=O)O)C(=O)OC1(C)CCCCC1. The van der Waals surface area contributed by atoms with Gasteiger partial charge in [-0.05, 0) is 32.6 Å². The topological polar surface area (TPSA) is 89.9 Å². The van der Waals surface area contributed by atoms with Crippen LogP contribution in [0, 0.1) is 0 Å². The molecule has 1 aliphatic carbocycles. The molecule has 23 heavy (non-hydrogen) atoms. The van der Waals surface area contributed by atoms with Gasteiger partial charge in [-0.15, -0.1) is 0 Å². The molecule has 0 aromatic carbocycles. The first-order valence-corrected chi connectivity index (χ1v) is 8.75. The van der Waals surface area contributed by atoms with Crippen LogP contribution in [0.1, 0.15) is 45.4 Å². The van der Waals surface area contributed by atoms with Crippen molar-refractivity contribution in [2.24, 2.45) is 0 Å². The Bertz CT molecular complexity index is 537. The van der Waals surface area contributed by atoms with Gasteiger partial charge in [0.15, 0.2) is 0 Å². The van der Waals surface area contributed by atoms with Gasteiger partial charge < -0.3 is 9.47 Å². The van der Waals surface area contributed by atoms with Gasteiger partial charge in [0.05, 0.1) is 25.2 Å². The molecule has 0 radical (unpaired) electrons. The average molecular weight is 356 g/mol. The average Bonchev–Trinajstić information content (AvgIpc) is 2.42. The molecular weight excluding hydrogens is 334 g/mol. The van der Waals surface area contributed by atoms with Crippen molar-refractivity contribution in [1.29, 1.82) is 0 Å². The molecule has 1 rings (SSSR count). The summed E-state index contributed by atoms with van der Waals surface area (Å²) in [5.74, 6) is -0.657. The van der Waals surface area contributed by atoms with Crippen LogP contribution in [-0.4, -0.2) is 43.0 Å². The highest BCUT2D eigenvalue weighted by Gasteiger charge is 2.43. The van der Waals surface area contributed by atoms with E-state index in [-0.39, 0.29) is 12.2 Å². The highest BCUT2D eigenvalue weighted by atomic mass is 32.2. The minimum atomic E-state index is -5.47. The molecule has 6 nitrogen and oxygen atoms in total. The van der Waals surface area contributed by atoms with Crippen molar-refractivity contribution in [3.8, 4) is 0 Å². The lowest BCUT2D eigenvalue weighted by atomic mass is 9.86. The van der Waals surface area contributed by atoms with Gasteiger partial charge in [0, 0.05) is 0 Å². The molecule has 0 aliphatic heterocycles. The summed E-state index contributed by atoms with van der Waals surface area (Å²) in [5, 5.41) is -4.29. The number of hydrogen-bond donors (Lipinski definition) is 1. The fourth-order valence-corrected chi connectivity index (χ4v) is 2.61. The van der Waals surface area contributed by atoms with Crippen molar-refractivity contribution < 1.29 is 36.0 Å². The first-order valence-electron chi connectivity index (χ1n) is 7.31. The summed E-state index contributed by atoms with van der Waals surface area (Å²) < 4.78 is 65.2. The third-order valence-electron chi connectivity index (χ3n) is 3.73. The van der Waals surface area contributed by atoms with E-state index >= 15 is 0 Å². The van der Waals surface area contributed by atoms with E-state index in [0.717, 1.165) is 32.1 Å². The summed E-state index contributed by atoms with van der Waals surface area (Å²) >= 11 is 0. The Morgan fingerprint density at radius 2 is 1.87 bits per heavy atom. The molecule has 0 saturated heterocycles. The standard InChI is InChI=1S/C14H22F2O6S/c1-11(10-21-9-8-14(15,16)23(18,19)20)12(17)22-13(2)6-4-3-5-7-13/h1,3-10H2,2H3,(H,18,19,20). The van der Waals surface area contributed by atoms with Gasteiger partial charge in [-0.25, -0.2) is 4.79 Å². The van der Waals surface area contributed by atoms with Crippen molar-refractivity contribution in [2.45, 2.75) is 56.3 Å². The van der Waals surface area contributed by atoms with Crippen LogP contribution in [0.5, 0.6) is 0 Å². The molecule has 0 aromatic rings. The molecular formula is C14H22F2O6S. The zero-order chi connectivity index (χ0) is 17.7. The Morgan fingerprint density at radius 3 is 2.39 bits per heavy atom. The van der Waals surface area contributed by atoms with Crippen LogP contribution in [0.2, 0.25) is 0 Å². The lowest BCUT2D eigenvalue weighted by molar-refractivity contribution is -0.156. The van der Waals surface area contributed by atoms with Crippen LogP contribution in [0.4, 0.5) is 8.78 Å². The highest BCUT2D eigenvalue weighted by Crippen LogP contribution is 2.31. The summed E-state index contributed by atoms with van der Waals surface area (Å²) in [4.78, 5) is 11.9. The molecule has 0 amide bonds. The number of carbonyl (C=O) groups excluding carboxylic acids is 1. The molecule has 1 aliphatic rings. The maximum Gasteiger partial charge on any atom is 0.372 e. The zero-order valence-corrected chi connectivity index (χ0v) is 13.8. The van der Waals surface area contributed by atoms with Gasteiger partial charge in [0.25, 0.3) is 0 Å². The molecule has 134 valence electrons. The minimum Gasteiger partial charge on any atom is -0.456 e. The van der Waals surface area contributed by atoms with E-state index in [4.69, 9.17) is 14.0 Å². The molecule has 0 aromatic heterocycles. The number of esters is 1. The van der Waals surface area contributed by atoms with E-state index in [1.54, 1.807) is 0 Å². The predicted molar refractivity (Wildman–Crippen MR) is 78.7 cm³/mol. The van der Waals surface area contributed by atoms with E-state index in [1.807, 2.05) is 6.92 Å². The Hall–Kier alpha value is -1.06. The second-order valence-electron chi connectivity index (χ2n) is 5.92. The van der Waals surface area contributed by atoms with Gasteiger partial charge in [-0.3, -0.25) is 4.55 Å². The Kier molecular flexibility index (Phi) is 6.67. The lowest BCUT2D eigenvalue weighted by Crippen LogP contribution is -2.35. The smallest absolute Gasteiger partial charge is 0.372 e. The monoisotopic (exact) mass is 356 g/mol. The maximum absolute atomic E-state index is 12.9. The Balaban J connectivity index is 2.35. The van der Waals surface area contributed by atoms with Gasteiger partial charge >= 0.3 is 21.3 Å². The summed E-state index contributed by atoms with van der Waals surface area (Å²) in [5.41, 5.74) is -0.581. The number of rotatable bonds is 8. The van der Waals surface area contributed by atoms with Crippen LogP contribution in [0.15, 0.2) is 12.2 Å². The predicted octanol–water partition coefficient (Wildman–Crippen LogP) is 2.70. The molecule has 9 heteroatoms. The minimum absolute atomic E-state index is 0.0352. The van der Waals surface area contributed by atoms with E-state index in [2.05, 4.69) is 6.58 Å². The molecule has 0 spiro atoms. The van der Waals surface area contributed by atoms with Crippen LogP contribution >= 0.6 is 0 Å². The largest absolute Gasteiger partial charge is 0.456 e. The first-order chi connectivity index (χ1) is 10.5. The van der Waals surface area contributed by atoms with Crippen molar-refractivity contribution in [3.05, 3.63) is 12.2 Å². The van der Waals surface area contributed by atoms with Crippen molar-refractivity contribution >= 4 is 16.1 Å². The first kappa shape index (κ1) is 20.0. The number of halogens is 2. The normalized spacial score (nSPS) is 18.4. The quantitative estimate of drug-likeness (QED) is 0.311. The zero-order valence-electron chi connectivity index (χ0n) is 13.0. The molecule has 1 N–H and O–H groups in total. The third-order valence-corrected chi connectivity index (χ3v) is 4.69. The van der Waals surface area contributed by atoms with Crippen molar-refractivity contribution in [2.75, 3.05) is 13.2 Å². The van der Waals surface area contributed by atoms with Crippen LogP contribution < -0.4 is 0 Å². The summed E-state index contributed by atoms with van der Waals surface area (Å²) in [6.07, 6.45) is 3.33. The number of ether oxygens (including phenoxy) is 2. The third kappa shape index (κ3) is 6.15. The fourth-order valence-electron chi connectivity index (χ4n) is 2.27. The molecule has 0 unspecified atom stereocenters. The molecule has 0 heterocycles. The highest BCUT2D eigenvalue weighted by molar-refractivity contribution is 7.86. The summed E-state index contributed by atoms with van der Waals surface area (Å²) in [7, 11) is -5.47. The van der Waals surface area contributed by atoms with Crippen LogP contribution in [0.3, 0.4) is 0 Å². The van der Waals surface area contributed by atoms with E-state index < -0.39 is 40.0 Å². The fraction of sp³-hybridized carbons (Fsp3) is 0.786.